The molecule has 0 radical (unpaired) electrons. The lowest BCUT2D eigenvalue weighted by molar-refractivity contribution is 0.159. The number of hydrogen-bond donors (Lipinski definition) is 2. The van der Waals surface area contributed by atoms with Crippen molar-refractivity contribution in [2.24, 2.45) is 0 Å². The summed E-state index contributed by atoms with van der Waals surface area (Å²) in [6, 6.07) is 4.33. The van der Waals surface area contributed by atoms with Gasteiger partial charge in [-0.3, -0.25) is 4.90 Å². The number of carbonyl (C=O) groups excluding carboxylic acids is 1. The molecule has 4 rings (SSSR count). The van der Waals surface area contributed by atoms with Crippen LogP contribution in [0, 0.1) is 0 Å². The fraction of sp³-hybridized carbons (Fsp3) is 0.591. The first-order valence-corrected chi connectivity index (χ1v) is 11.7. The number of aromatic nitrogens is 2. The van der Waals surface area contributed by atoms with E-state index in [2.05, 4.69) is 51.8 Å². The van der Waals surface area contributed by atoms with E-state index < -0.39 is 0 Å². The van der Waals surface area contributed by atoms with Gasteiger partial charge in [0, 0.05) is 30.4 Å². The molecular formula is C22H32N6O2S. The van der Waals surface area contributed by atoms with Gasteiger partial charge < -0.3 is 20.2 Å². The van der Waals surface area contributed by atoms with E-state index in [1.165, 1.54) is 4.88 Å². The average molecular weight is 445 g/mol. The van der Waals surface area contributed by atoms with Gasteiger partial charge in [0.2, 0.25) is 5.95 Å². The van der Waals surface area contributed by atoms with E-state index in [-0.39, 0.29) is 23.6 Å². The summed E-state index contributed by atoms with van der Waals surface area (Å²) in [5.74, 6) is 0.536. The van der Waals surface area contributed by atoms with Crippen LogP contribution in [0.3, 0.4) is 0 Å². The molecule has 3 heterocycles. The molecule has 31 heavy (non-hydrogen) atoms. The smallest absolute Gasteiger partial charge is 0.322 e. The lowest BCUT2D eigenvalue weighted by atomic mass is 9.66. The summed E-state index contributed by atoms with van der Waals surface area (Å²) >= 11 is 1.85. The number of nitrogens with one attached hydrogen (secondary N) is 1. The Morgan fingerprint density at radius 3 is 2.48 bits per heavy atom. The van der Waals surface area contributed by atoms with Crippen LogP contribution in [0.5, 0.6) is 0 Å². The van der Waals surface area contributed by atoms with Gasteiger partial charge in [-0.05, 0) is 51.2 Å². The zero-order valence-electron chi connectivity index (χ0n) is 18.5. The molecule has 0 bridgehead atoms. The van der Waals surface area contributed by atoms with Crippen LogP contribution in [0.4, 0.5) is 16.4 Å². The number of aliphatic hydroxyl groups is 1. The highest BCUT2D eigenvalue weighted by Crippen LogP contribution is 2.46. The summed E-state index contributed by atoms with van der Waals surface area (Å²) in [6.07, 6.45) is 7.42. The molecule has 2 N–H and O–H groups in total. The molecule has 168 valence electrons. The van der Waals surface area contributed by atoms with Crippen molar-refractivity contribution in [3.05, 3.63) is 34.8 Å². The summed E-state index contributed by atoms with van der Waals surface area (Å²) in [7, 11) is 6.11. The van der Waals surface area contributed by atoms with Gasteiger partial charge in [0.25, 0.3) is 0 Å². The molecule has 1 saturated carbocycles. The van der Waals surface area contributed by atoms with Crippen molar-refractivity contribution in [2.45, 2.75) is 36.6 Å². The molecule has 0 atom stereocenters. The Hall–Kier alpha value is -2.23. The maximum Gasteiger partial charge on any atom is 0.322 e. The first kappa shape index (κ1) is 22.0. The Labute approximate surface area is 187 Å². The second kappa shape index (κ2) is 8.72. The highest BCUT2D eigenvalue weighted by molar-refractivity contribution is 7.10. The monoisotopic (exact) mass is 444 g/mol. The minimum atomic E-state index is -0.198. The van der Waals surface area contributed by atoms with Crippen LogP contribution in [0.15, 0.2) is 29.9 Å². The van der Waals surface area contributed by atoms with Gasteiger partial charge in [0.05, 0.1) is 36.8 Å². The summed E-state index contributed by atoms with van der Waals surface area (Å²) in [6.45, 7) is 2.17. The van der Waals surface area contributed by atoms with E-state index in [0.717, 1.165) is 32.2 Å². The number of urea groups is 1. The van der Waals surface area contributed by atoms with Gasteiger partial charge in [-0.2, -0.15) is 0 Å². The van der Waals surface area contributed by atoms with Crippen LogP contribution in [-0.4, -0.2) is 78.9 Å². The van der Waals surface area contributed by atoms with Crippen LogP contribution in [0.1, 0.15) is 30.6 Å². The number of thiophene rings is 1. The van der Waals surface area contributed by atoms with Crippen molar-refractivity contribution >= 4 is 29.0 Å². The Morgan fingerprint density at radius 1 is 1.19 bits per heavy atom. The largest absolute Gasteiger partial charge is 0.395 e. The number of rotatable bonds is 7. The van der Waals surface area contributed by atoms with Crippen molar-refractivity contribution in [3.63, 3.8) is 0 Å². The highest BCUT2D eigenvalue weighted by Gasteiger charge is 2.50. The molecule has 2 aromatic heterocycles. The van der Waals surface area contributed by atoms with Crippen LogP contribution in [0.25, 0.3) is 0 Å². The highest BCUT2D eigenvalue weighted by atomic mass is 32.1. The molecule has 1 spiro atoms. The van der Waals surface area contributed by atoms with Crippen molar-refractivity contribution in [3.8, 4) is 0 Å². The quantitative estimate of drug-likeness (QED) is 0.682. The van der Waals surface area contributed by atoms with Crippen molar-refractivity contribution in [1.29, 1.82) is 0 Å². The van der Waals surface area contributed by atoms with Crippen LogP contribution in [-0.2, 0) is 5.41 Å². The molecule has 2 aliphatic rings. The van der Waals surface area contributed by atoms with E-state index in [1.807, 2.05) is 18.4 Å². The number of carbonyl (C=O) groups is 1. The number of amides is 2. The van der Waals surface area contributed by atoms with Gasteiger partial charge in [-0.25, -0.2) is 14.8 Å². The summed E-state index contributed by atoms with van der Waals surface area (Å²) in [4.78, 5) is 28.9. The predicted molar refractivity (Wildman–Crippen MR) is 124 cm³/mol. The van der Waals surface area contributed by atoms with E-state index in [0.29, 0.717) is 24.7 Å². The molecule has 8 nitrogen and oxygen atoms in total. The zero-order valence-corrected chi connectivity index (χ0v) is 19.4. The maximum absolute atomic E-state index is 12.8. The van der Waals surface area contributed by atoms with E-state index in [1.54, 1.807) is 22.2 Å². The van der Waals surface area contributed by atoms with Gasteiger partial charge in [-0.1, -0.05) is 6.07 Å². The SMILES string of the molecule is CN(C)C[C@]1(c2cccs2)CC[C@]2(CC1)CN(c1cnc(N(C)CCO)nc1)C(=O)N2. The second-order valence-electron chi connectivity index (χ2n) is 9.18. The third-order valence-corrected chi connectivity index (χ3v) is 7.73. The van der Waals surface area contributed by atoms with Gasteiger partial charge in [0.15, 0.2) is 0 Å². The first-order chi connectivity index (χ1) is 14.9. The van der Waals surface area contributed by atoms with Crippen molar-refractivity contribution in [2.75, 3.05) is 57.2 Å². The predicted octanol–water partition coefficient (Wildman–Crippen LogP) is 2.31. The fourth-order valence-electron chi connectivity index (χ4n) is 4.98. The standard InChI is InChI=1S/C22H32N6O2S/c1-26(2)15-21(18-5-4-12-31-18)6-8-22(9-7-21)16-28(20(30)25-22)17-13-23-19(24-14-17)27(3)10-11-29/h4-5,12-14,29H,6-11,15-16H2,1-3H3,(H,25,30)/t21-,22-. The lowest BCUT2D eigenvalue weighted by Crippen LogP contribution is -2.52. The van der Waals surface area contributed by atoms with Crippen LogP contribution >= 0.6 is 11.3 Å². The Bertz CT molecular complexity index is 878. The van der Waals surface area contributed by atoms with E-state index in [9.17, 15) is 4.79 Å². The molecule has 1 aliphatic carbocycles. The van der Waals surface area contributed by atoms with Gasteiger partial charge >= 0.3 is 6.03 Å². The summed E-state index contributed by atoms with van der Waals surface area (Å²) in [5.41, 5.74) is 0.665. The topological polar surface area (TPSA) is 84.8 Å². The van der Waals surface area contributed by atoms with Crippen molar-refractivity contribution < 1.29 is 9.90 Å². The number of hydrogen-bond acceptors (Lipinski definition) is 7. The van der Waals surface area contributed by atoms with Crippen LogP contribution < -0.4 is 15.1 Å². The Kier molecular flexibility index (Phi) is 6.18. The Balaban J connectivity index is 1.47. The normalized spacial score (nSPS) is 26.0. The average Bonchev–Trinajstić information content (AvgIpc) is 3.39. The molecule has 2 fully saturated rings. The molecule has 2 aromatic rings. The third kappa shape index (κ3) is 4.40. The zero-order chi connectivity index (χ0) is 22.1. The molecule has 1 saturated heterocycles. The van der Waals surface area contributed by atoms with Crippen molar-refractivity contribution in [1.82, 2.24) is 20.2 Å². The first-order valence-electron chi connectivity index (χ1n) is 10.8. The number of anilines is 2. The number of nitrogens with zero attached hydrogens (tertiary/aromatic N) is 5. The number of likely N-dealkylation sites (N-methyl/N-ethyl adjacent to an activating group) is 2. The van der Waals surface area contributed by atoms with Gasteiger partial charge in [-0.15, -0.1) is 11.3 Å². The molecule has 0 aromatic carbocycles. The van der Waals surface area contributed by atoms with Gasteiger partial charge in [0.1, 0.15) is 0 Å². The third-order valence-electron chi connectivity index (χ3n) is 6.62. The summed E-state index contributed by atoms with van der Waals surface area (Å²) in [5, 5.41) is 14.5. The molecule has 2 amide bonds. The van der Waals surface area contributed by atoms with Crippen LogP contribution in [0.2, 0.25) is 0 Å². The summed E-state index contributed by atoms with van der Waals surface area (Å²) < 4.78 is 0. The minimum absolute atomic E-state index is 0.0411. The maximum atomic E-state index is 12.8. The fourth-order valence-corrected chi connectivity index (χ4v) is 5.96. The second-order valence-corrected chi connectivity index (χ2v) is 10.1. The van der Waals surface area contributed by atoms with E-state index >= 15 is 0 Å². The minimum Gasteiger partial charge on any atom is -0.395 e. The lowest BCUT2D eigenvalue weighted by Gasteiger charge is -2.45. The number of aliphatic hydroxyl groups excluding tert-OH is 1. The molecule has 1 aliphatic heterocycles. The Morgan fingerprint density at radius 2 is 1.90 bits per heavy atom. The molecule has 0 unspecified atom stereocenters. The van der Waals surface area contributed by atoms with E-state index in [4.69, 9.17) is 5.11 Å². The molecular weight excluding hydrogens is 412 g/mol. The molecule has 9 heteroatoms.